The van der Waals surface area contributed by atoms with Crippen molar-refractivity contribution < 1.29 is 4.79 Å². The lowest BCUT2D eigenvalue weighted by Gasteiger charge is -2.29. The van der Waals surface area contributed by atoms with Gasteiger partial charge in [0, 0.05) is 22.0 Å². The molecule has 1 amide bonds. The minimum Gasteiger partial charge on any atom is -0.288 e. The van der Waals surface area contributed by atoms with Crippen molar-refractivity contribution in [3.8, 4) is 0 Å². The number of halogens is 2. The van der Waals surface area contributed by atoms with E-state index in [2.05, 4.69) is 0 Å². The van der Waals surface area contributed by atoms with Crippen LogP contribution in [-0.4, -0.2) is 10.5 Å². The van der Waals surface area contributed by atoms with Crippen LogP contribution in [0.1, 0.15) is 37.1 Å². The summed E-state index contributed by atoms with van der Waals surface area (Å²) < 4.78 is 1.70. The van der Waals surface area contributed by atoms with Crippen molar-refractivity contribution in [2.75, 3.05) is 4.90 Å². The molecule has 1 aromatic heterocycles. The second-order valence-electron chi connectivity index (χ2n) is 7.45. The molecule has 0 fully saturated rings. The lowest BCUT2D eigenvalue weighted by Crippen LogP contribution is -2.36. The van der Waals surface area contributed by atoms with Gasteiger partial charge in [-0.1, -0.05) is 67.4 Å². The van der Waals surface area contributed by atoms with Crippen LogP contribution in [0.15, 0.2) is 71.5 Å². The van der Waals surface area contributed by atoms with Crippen molar-refractivity contribution in [1.82, 2.24) is 4.57 Å². The van der Waals surface area contributed by atoms with E-state index in [4.69, 9.17) is 23.2 Å². The molecule has 0 unspecified atom stereocenters. The summed E-state index contributed by atoms with van der Waals surface area (Å²) >= 11 is 12.2. The SMILES string of the molecule is CC(C)C(=O)N1c2cccc(=O)n2[C@H](c2ccc(Cl)cc2)[C@@H]1c1ccc(Cl)cc1. The summed E-state index contributed by atoms with van der Waals surface area (Å²) in [6.45, 7) is 3.73. The number of aromatic nitrogens is 1. The number of rotatable bonds is 3. The third kappa shape index (κ3) is 3.47. The van der Waals surface area contributed by atoms with Crippen molar-refractivity contribution >= 4 is 34.9 Å². The van der Waals surface area contributed by atoms with Crippen LogP contribution in [0.2, 0.25) is 10.0 Å². The Kier molecular flexibility index (Phi) is 5.24. The standard InChI is InChI=1S/C23H20Cl2N2O2/c1-14(2)23(29)27-19-4-3-5-20(28)26(19)21(15-6-10-17(24)11-7-15)22(27)16-8-12-18(25)13-9-16/h3-14,21-22H,1-2H3/t21-,22+/m1/s1. The van der Waals surface area contributed by atoms with Gasteiger partial charge in [0.2, 0.25) is 5.91 Å². The van der Waals surface area contributed by atoms with Crippen LogP contribution in [0, 0.1) is 5.92 Å². The van der Waals surface area contributed by atoms with Crippen LogP contribution >= 0.6 is 23.2 Å². The molecule has 2 atom stereocenters. The van der Waals surface area contributed by atoms with Gasteiger partial charge in [-0.15, -0.1) is 0 Å². The number of anilines is 1. The third-order valence-corrected chi connectivity index (χ3v) is 5.73. The minimum absolute atomic E-state index is 0.0410. The van der Waals surface area contributed by atoms with Crippen molar-refractivity contribution in [3.63, 3.8) is 0 Å². The highest BCUT2D eigenvalue weighted by atomic mass is 35.5. The zero-order chi connectivity index (χ0) is 20.7. The molecule has 4 nitrogen and oxygen atoms in total. The van der Waals surface area contributed by atoms with E-state index in [1.165, 1.54) is 6.07 Å². The zero-order valence-corrected chi connectivity index (χ0v) is 17.6. The first-order valence-electron chi connectivity index (χ1n) is 9.44. The molecule has 2 heterocycles. The Balaban J connectivity index is 1.99. The van der Waals surface area contributed by atoms with Gasteiger partial charge in [-0.25, -0.2) is 0 Å². The highest BCUT2D eigenvalue weighted by molar-refractivity contribution is 6.30. The fraction of sp³-hybridized carbons (Fsp3) is 0.217. The lowest BCUT2D eigenvalue weighted by atomic mass is 9.93. The van der Waals surface area contributed by atoms with E-state index in [1.807, 2.05) is 44.2 Å². The van der Waals surface area contributed by atoms with Crippen LogP contribution < -0.4 is 10.5 Å². The Bertz CT molecular complexity index is 1100. The molecular formula is C23H20Cl2N2O2. The molecule has 148 valence electrons. The molecule has 2 aromatic carbocycles. The van der Waals surface area contributed by atoms with E-state index >= 15 is 0 Å². The van der Waals surface area contributed by atoms with Gasteiger partial charge in [0.05, 0.1) is 12.1 Å². The number of carbonyl (C=O) groups excluding carboxylic acids is 1. The first kappa shape index (κ1) is 19.7. The van der Waals surface area contributed by atoms with Crippen molar-refractivity contribution in [3.05, 3.63) is 98.3 Å². The van der Waals surface area contributed by atoms with Gasteiger partial charge in [0.15, 0.2) is 0 Å². The number of nitrogens with zero attached hydrogens (tertiary/aromatic N) is 2. The third-order valence-electron chi connectivity index (χ3n) is 5.22. The summed E-state index contributed by atoms with van der Waals surface area (Å²) in [6.07, 6.45) is 0. The number of benzene rings is 2. The molecule has 29 heavy (non-hydrogen) atoms. The smallest absolute Gasteiger partial charge is 0.252 e. The van der Waals surface area contributed by atoms with Crippen LogP contribution in [0.3, 0.4) is 0 Å². The molecule has 0 saturated carbocycles. The summed E-state index contributed by atoms with van der Waals surface area (Å²) in [5, 5.41) is 1.23. The molecular weight excluding hydrogens is 407 g/mol. The van der Waals surface area contributed by atoms with E-state index in [1.54, 1.807) is 39.8 Å². The fourth-order valence-electron chi connectivity index (χ4n) is 3.90. The molecule has 1 aliphatic rings. The van der Waals surface area contributed by atoms with E-state index < -0.39 is 0 Å². The first-order chi connectivity index (χ1) is 13.9. The molecule has 0 aliphatic carbocycles. The van der Waals surface area contributed by atoms with Gasteiger partial charge >= 0.3 is 0 Å². The quantitative estimate of drug-likeness (QED) is 0.555. The Hall–Kier alpha value is -2.56. The van der Waals surface area contributed by atoms with E-state index in [-0.39, 0.29) is 29.5 Å². The van der Waals surface area contributed by atoms with Crippen LogP contribution in [0.4, 0.5) is 5.82 Å². The van der Waals surface area contributed by atoms with Crippen molar-refractivity contribution in [2.45, 2.75) is 25.9 Å². The average Bonchev–Trinajstić information content (AvgIpc) is 3.05. The topological polar surface area (TPSA) is 42.3 Å². The molecule has 0 N–H and O–H groups in total. The molecule has 0 spiro atoms. The Labute approximate surface area is 179 Å². The summed E-state index contributed by atoms with van der Waals surface area (Å²) in [7, 11) is 0. The summed E-state index contributed by atoms with van der Waals surface area (Å²) in [4.78, 5) is 27.9. The Morgan fingerprint density at radius 1 is 0.828 bits per heavy atom. The number of pyridine rings is 1. The van der Waals surface area contributed by atoms with E-state index in [0.29, 0.717) is 15.9 Å². The fourth-order valence-corrected chi connectivity index (χ4v) is 4.15. The van der Waals surface area contributed by atoms with Crippen LogP contribution in [-0.2, 0) is 4.79 Å². The van der Waals surface area contributed by atoms with Gasteiger partial charge in [-0.05, 0) is 41.5 Å². The van der Waals surface area contributed by atoms with Gasteiger partial charge in [0.1, 0.15) is 5.82 Å². The van der Waals surface area contributed by atoms with Gasteiger partial charge < -0.3 is 0 Å². The van der Waals surface area contributed by atoms with Crippen LogP contribution in [0.25, 0.3) is 0 Å². The second kappa shape index (κ2) is 7.69. The lowest BCUT2D eigenvalue weighted by molar-refractivity contribution is -0.121. The molecule has 4 rings (SSSR count). The minimum atomic E-state index is -0.376. The zero-order valence-electron chi connectivity index (χ0n) is 16.0. The largest absolute Gasteiger partial charge is 0.288 e. The summed E-state index contributed by atoms with van der Waals surface area (Å²) in [6, 6.07) is 19.1. The predicted molar refractivity (Wildman–Crippen MR) is 117 cm³/mol. The molecule has 6 heteroatoms. The number of carbonyl (C=O) groups is 1. The first-order valence-corrected chi connectivity index (χ1v) is 10.2. The van der Waals surface area contributed by atoms with E-state index in [0.717, 1.165) is 11.1 Å². The Morgan fingerprint density at radius 2 is 1.34 bits per heavy atom. The van der Waals surface area contributed by atoms with Gasteiger partial charge in [-0.3, -0.25) is 19.1 Å². The summed E-state index contributed by atoms with van der Waals surface area (Å²) in [5.74, 6) is 0.328. The number of fused-ring (bicyclic) bond motifs is 1. The number of hydrogen-bond acceptors (Lipinski definition) is 2. The van der Waals surface area contributed by atoms with Crippen molar-refractivity contribution in [1.29, 1.82) is 0 Å². The predicted octanol–water partition coefficient (Wildman–Crippen LogP) is 5.49. The molecule has 0 bridgehead atoms. The van der Waals surface area contributed by atoms with Gasteiger partial charge in [0.25, 0.3) is 5.56 Å². The van der Waals surface area contributed by atoms with Gasteiger partial charge in [-0.2, -0.15) is 0 Å². The molecule has 3 aromatic rings. The maximum atomic E-state index is 13.3. The highest BCUT2D eigenvalue weighted by Crippen LogP contribution is 2.47. The van der Waals surface area contributed by atoms with Crippen LogP contribution in [0.5, 0.6) is 0 Å². The summed E-state index contributed by atoms with van der Waals surface area (Å²) in [5.41, 5.74) is 1.66. The number of hydrogen-bond donors (Lipinski definition) is 0. The molecule has 1 aliphatic heterocycles. The van der Waals surface area contributed by atoms with E-state index in [9.17, 15) is 9.59 Å². The van der Waals surface area contributed by atoms with Crippen molar-refractivity contribution in [2.24, 2.45) is 5.92 Å². The number of amides is 1. The molecule has 0 saturated heterocycles. The molecule has 0 radical (unpaired) electrons. The average molecular weight is 427 g/mol. The second-order valence-corrected chi connectivity index (χ2v) is 8.32. The monoisotopic (exact) mass is 426 g/mol. The highest BCUT2D eigenvalue weighted by Gasteiger charge is 2.44. The normalized spacial score (nSPS) is 18.2. The Morgan fingerprint density at radius 3 is 1.86 bits per heavy atom. The maximum absolute atomic E-state index is 13.3. The maximum Gasteiger partial charge on any atom is 0.252 e.